The molecule has 0 radical (unpaired) electrons. The Bertz CT molecular complexity index is 732. The number of carbonyl (C=O) groups excluding carboxylic acids is 1. The van der Waals surface area contributed by atoms with Crippen molar-refractivity contribution < 1.29 is 4.79 Å². The standard InChI is InChI=1S/C21H28N4O/c26-20(16-24-12-7-2-1-3-8-13-24)25-14-11-18-19(15-25)23-21(22-18)17-9-5-4-6-10-17/h4-6,9-10H,1-3,7-8,11-16H2,(H,22,23). The third-order valence-corrected chi connectivity index (χ3v) is 5.54. The van der Waals surface area contributed by atoms with E-state index in [1.165, 1.54) is 32.1 Å². The molecule has 0 unspecified atom stereocenters. The van der Waals surface area contributed by atoms with E-state index in [-0.39, 0.29) is 5.91 Å². The normalized spacial score (nSPS) is 18.8. The van der Waals surface area contributed by atoms with Crippen LogP contribution < -0.4 is 0 Å². The van der Waals surface area contributed by atoms with Crippen LogP contribution in [0.3, 0.4) is 0 Å². The molecule has 0 saturated carbocycles. The van der Waals surface area contributed by atoms with Crippen LogP contribution in [0.5, 0.6) is 0 Å². The van der Waals surface area contributed by atoms with E-state index < -0.39 is 0 Å². The summed E-state index contributed by atoms with van der Waals surface area (Å²) in [6.45, 7) is 4.12. The Kier molecular flexibility index (Phi) is 5.34. The van der Waals surface area contributed by atoms with Gasteiger partial charge < -0.3 is 9.88 Å². The highest BCUT2D eigenvalue weighted by atomic mass is 16.2. The smallest absolute Gasteiger partial charge is 0.237 e. The highest BCUT2D eigenvalue weighted by molar-refractivity contribution is 5.78. The van der Waals surface area contributed by atoms with Crippen molar-refractivity contribution in [3.63, 3.8) is 0 Å². The number of aromatic nitrogens is 2. The molecule has 26 heavy (non-hydrogen) atoms. The van der Waals surface area contributed by atoms with Gasteiger partial charge in [-0.05, 0) is 25.9 Å². The van der Waals surface area contributed by atoms with Crippen molar-refractivity contribution in [3.8, 4) is 11.4 Å². The second kappa shape index (κ2) is 8.04. The van der Waals surface area contributed by atoms with E-state index in [1.54, 1.807) is 0 Å². The number of H-pyrrole nitrogens is 1. The van der Waals surface area contributed by atoms with Crippen molar-refractivity contribution in [1.29, 1.82) is 0 Å². The van der Waals surface area contributed by atoms with Crippen LogP contribution in [0.25, 0.3) is 11.4 Å². The van der Waals surface area contributed by atoms with Crippen LogP contribution in [-0.4, -0.2) is 51.9 Å². The van der Waals surface area contributed by atoms with E-state index >= 15 is 0 Å². The lowest BCUT2D eigenvalue weighted by Crippen LogP contribution is -2.43. The van der Waals surface area contributed by atoms with Gasteiger partial charge in [-0.2, -0.15) is 0 Å². The first-order valence-electron chi connectivity index (χ1n) is 9.93. The first-order chi connectivity index (χ1) is 12.8. The van der Waals surface area contributed by atoms with E-state index in [9.17, 15) is 4.79 Å². The van der Waals surface area contributed by atoms with Gasteiger partial charge in [-0.3, -0.25) is 9.69 Å². The molecule has 2 aliphatic rings. The first-order valence-corrected chi connectivity index (χ1v) is 9.93. The molecule has 1 saturated heterocycles. The van der Waals surface area contributed by atoms with Crippen molar-refractivity contribution in [3.05, 3.63) is 41.7 Å². The summed E-state index contributed by atoms with van der Waals surface area (Å²) in [5.74, 6) is 1.17. The molecule has 3 heterocycles. The number of benzene rings is 1. The van der Waals surface area contributed by atoms with Gasteiger partial charge in [-0.25, -0.2) is 4.98 Å². The van der Waals surface area contributed by atoms with E-state index in [1.807, 2.05) is 23.1 Å². The van der Waals surface area contributed by atoms with Crippen LogP contribution >= 0.6 is 0 Å². The Morgan fingerprint density at radius 1 is 1.00 bits per heavy atom. The molecule has 0 aliphatic carbocycles. The van der Waals surface area contributed by atoms with E-state index in [0.717, 1.165) is 48.8 Å². The zero-order valence-corrected chi connectivity index (χ0v) is 15.4. The van der Waals surface area contributed by atoms with Gasteiger partial charge >= 0.3 is 0 Å². The molecule has 138 valence electrons. The van der Waals surface area contributed by atoms with Gasteiger partial charge in [-0.15, -0.1) is 0 Å². The van der Waals surface area contributed by atoms with Gasteiger partial charge in [0.25, 0.3) is 0 Å². The molecule has 1 aromatic carbocycles. The molecule has 5 nitrogen and oxygen atoms in total. The number of hydrogen-bond donors (Lipinski definition) is 1. The summed E-state index contributed by atoms with van der Waals surface area (Å²) >= 11 is 0. The number of fused-ring (bicyclic) bond motifs is 1. The number of amides is 1. The lowest BCUT2D eigenvalue weighted by atomic mass is 10.1. The minimum atomic E-state index is 0.257. The van der Waals surface area contributed by atoms with Crippen molar-refractivity contribution in [1.82, 2.24) is 19.8 Å². The highest BCUT2D eigenvalue weighted by Gasteiger charge is 2.25. The van der Waals surface area contributed by atoms with Gasteiger partial charge in [0, 0.05) is 18.5 Å². The quantitative estimate of drug-likeness (QED) is 0.923. The molecule has 1 N–H and O–H groups in total. The van der Waals surface area contributed by atoms with E-state index in [0.29, 0.717) is 13.1 Å². The van der Waals surface area contributed by atoms with Crippen LogP contribution in [0.4, 0.5) is 0 Å². The fourth-order valence-electron chi connectivity index (χ4n) is 4.00. The molecule has 2 aromatic rings. The first kappa shape index (κ1) is 17.3. The number of imidazole rings is 1. The third kappa shape index (κ3) is 3.98. The van der Waals surface area contributed by atoms with Crippen molar-refractivity contribution in [2.45, 2.75) is 45.1 Å². The van der Waals surface area contributed by atoms with Crippen LogP contribution in [0.15, 0.2) is 30.3 Å². The maximum absolute atomic E-state index is 12.8. The molecule has 0 spiro atoms. The molecular formula is C21H28N4O. The number of hydrogen-bond acceptors (Lipinski definition) is 3. The van der Waals surface area contributed by atoms with Crippen LogP contribution in [0.2, 0.25) is 0 Å². The summed E-state index contributed by atoms with van der Waals surface area (Å²) in [6.07, 6.45) is 7.23. The molecule has 1 fully saturated rings. The number of rotatable bonds is 3. The van der Waals surface area contributed by atoms with Crippen LogP contribution in [0, 0.1) is 0 Å². The minimum absolute atomic E-state index is 0.257. The Morgan fingerprint density at radius 2 is 1.73 bits per heavy atom. The summed E-state index contributed by atoms with van der Waals surface area (Å²) < 4.78 is 0. The summed E-state index contributed by atoms with van der Waals surface area (Å²) in [6, 6.07) is 10.2. The highest BCUT2D eigenvalue weighted by Crippen LogP contribution is 2.23. The number of nitrogens with zero attached hydrogens (tertiary/aromatic N) is 3. The van der Waals surface area contributed by atoms with Gasteiger partial charge in [0.05, 0.1) is 24.5 Å². The summed E-state index contributed by atoms with van der Waals surface area (Å²) in [4.78, 5) is 25.3. The van der Waals surface area contributed by atoms with Crippen LogP contribution in [0.1, 0.15) is 43.5 Å². The predicted octanol–water partition coefficient (Wildman–Crippen LogP) is 3.23. The lowest BCUT2D eigenvalue weighted by molar-refractivity contribution is -0.133. The molecule has 0 bridgehead atoms. The largest absolute Gasteiger partial charge is 0.340 e. The van der Waals surface area contributed by atoms with Crippen LogP contribution in [-0.2, 0) is 17.8 Å². The zero-order valence-electron chi connectivity index (χ0n) is 15.4. The molecular weight excluding hydrogens is 324 g/mol. The van der Waals surface area contributed by atoms with E-state index in [2.05, 4.69) is 22.0 Å². The maximum Gasteiger partial charge on any atom is 0.237 e. The van der Waals surface area contributed by atoms with Gasteiger partial charge in [0.2, 0.25) is 5.91 Å². The average molecular weight is 352 g/mol. The number of aromatic amines is 1. The molecule has 1 aromatic heterocycles. The lowest BCUT2D eigenvalue weighted by Gasteiger charge is -2.30. The summed E-state index contributed by atoms with van der Waals surface area (Å²) in [5.41, 5.74) is 3.30. The molecule has 2 aliphatic heterocycles. The second-order valence-corrected chi connectivity index (χ2v) is 7.49. The molecule has 4 rings (SSSR count). The average Bonchev–Trinajstić information content (AvgIpc) is 3.08. The molecule has 0 atom stereocenters. The number of likely N-dealkylation sites (tertiary alicyclic amines) is 1. The van der Waals surface area contributed by atoms with Gasteiger partial charge in [0.15, 0.2) is 0 Å². The topological polar surface area (TPSA) is 52.2 Å². The van der Waals surface area contributed by atoms with E-state index in [4.69, 9.17) is 4.98 Å². The monoisotopic (exact) mass is 352 g/mol. The Labute approximate surface area is 155 Å². The molecule has 1 amide bonds. The maximum atomic E-state index is 12.8. The zero-order chi connectivity index (χ0) is 17.8. The third-order valence-electron chi connectivity index (χ3n) is 5.54. The SMILES string of the molecule is O=C(CN1CCCCCCC1)N1CCc2nc(-c3ccccc3)[nH]c2C1. The Morgan fingerprint density at radius 3 is 2.50 bits per heavy atom. The predicted molar refractivity (Wildman–Crippen MR) is 103 cm³/mol. The van der Waals surface area contributed by atoms with Gasteiger partial charge in [0.1, 0.15) is 5.82 Å². The van der Waals surface area contributed by atoms with Crippen molar-refractivity contribution in [2.75, 3.05) is 26.2 Å². The van der Waals surface area contributed by atoms with Crippen molar-refractivity contribution >= 4 is 5.91 Å². The fraction of sp³-hybridized carbons (Fsp3) is 0.524. The summed E-state index contributed by atoms with van der Waals surface area (Å²) in [7, 11) is 0. The fourth-order valence-corrected chi connectivity index (χ4v) is 4.00. The Balaban J connectivity index is 1.39. The van der Waals surface area contributed by atoms with Crippen molar-refractivity contribution in [2.24, 2.45) is 0 Å². The second-order valence-electron chi connectivity index (χ2n) is 7.49. The summed E-state index contributed by atoms with van der Waals surface area (Å²) in [5, 5.41) is 0. The van der Waals surface area contributed by atoms with Gasteiger partial charge in [-0.1, -0.05) is 49.6 Å². The number of carbonyl (C=O) groups is 1. The minimum Gasteiger partial charge on any atom is -0.340 e. The molecule has 5 heteroatoms. The number of nitrogens with one attached hydrogen (secondary N) is 1. The Hall–Kier alpha value is -2.14.